The van der Waals surface area contributed by atoms with Crippen LogP contribution in [-0.4, -0.2) is 43.3 Å². The summed E-state index contributed by atoms with van der Waals surface area (Å²) in [7, 11) is 0. The molecule has 0 aliphatic carbocycles. The molecule has 13 nitrogen and oxygen atoms in total. The molecule has 0 aliphatic heterocycles. The highest BCUT2D eigenvalue weighted by Gasteiger charge is 2.25. The first kappa shape index (κ1) is 100. The number of hydrogen-bond donors (Lipinski definition) is 0. The predicted octanol–water partition coefficient (Wildman–Crippen LogP) is 39.2. The van der Waals surface area contributed by atoms with Crippen LogP contribution < -0.4 is 0 Å². The van der Waals surface area contributed by atoms with Gasteiger partial charge in [-0.3, -0.25) is 0 Å². The van der Waals surface area contributed by atoms with Gasteiger partial charge in [0.25, 0.3) is 0 Å². The highest BCUT2D eigenvalue weighted by atomic mass is 79.9. The van der Waals surface area contributed by atoms with Gasteiger partial charge in [-0.25, -0.2) is 29.2 Å². The average molecular weight is 2640 g/mol. The summed E-state index contributed by atoms with van der Waals surface area (Å²) in [5, 5.41) is 26.7. The zero-order chi connectivity index (χ0) is 98.4. The molecule has 16 aromatic carbocycles. The zero-order valence-electron chi connectivity index (χ0n) is 74.3. The molecule has 23 aromatic rings. The summed E-state index contributed by atoms with van der Waals surface area (Å²) in [4.78, 5) is 18.5. The van der Waals surface area contributed by atoms with Crippen LogP contribution in [0.5, 0.6) is 0 Å². The van der Waals surface area contributed by atoms with Gasteiger partial charge in [-0.1, -0.05) is 328 Å². The number of benzene rings is 16. The van der Waals surface area contributed by atoms with Crippen LogP contribution in [0.15, 0.2) is 451 Å². The van der Waals surface area contributed by atoms with Crippen LogP contribution in [0.1, 0.15) is 27.8 Å². The summed E-state index contributed by atoms with van der Waals surface area (Å²) < 4.78 is 35.7. The second-order valence-electron chi connectivity index (χ2n) is 31.7. The fourth-order valence-corrected chi connectivity index (χ4v) is 21.3. The summed E-state index contributed by atoms with van der Waals surface area (Å²) >= 11 is 43.5. The van der Waals surface area contributed by atoms with E-state index in [1.54, 1.807) is 0 Å². The van der Waals surface area contributed by atoms with E-state index in [1.165, 1.54) is 47.8 Å². The van der Waals surface area contributed by atoms with Crippen molar-refractivity contribution in [2.45, 2.75) is 6.92 Å². The number of rotatable bonds is 13. The third-order valence-electron chi connectivity index (χ3n) is 22.8. The molecule has 0 spiro atoms. The van der Waals surface area contributed by atoms with Gasteiger partial charge in [0.15, 0.2) is 20.7 Å². The minimum Gasteiger partial charge on any atom is -0.449 e. The van der Waals surface area contributed by atoms with Crippen LogP contribution >= 0.6 is 203 Å². The summed E-state index contributed by atoms with van der Waals surface area (Å²) in [5.74, 6) is 1.51. The second kappa shape index (κ2) is 46.6. The van der Waals surface area contributed by atoms with Crippen LogP contribution in [0.25, 0.3) is 184 Å². The molecule has 26 heteroatoms. The maximum atomic E-state index is 9.55. The van der Waals surface area contributed by atoms with E-state index in [9.17, 15) is 5.26 Å². The molecule has 0 amide bonds. The summed E-state index contributed by atoms with van der Waals surface area (Å²) in [5.41, 5.74) is 25.0. The lowest BCUT2D eigenvalue weighted by Gasteiger charge is -2.12. The Bertz CT molecular complexity index is 8310. The Hall–Kier alpha value is -11.9. The molecule has 0 fully saturated rings. The summed E-state index contributed by atoms with van der Waals surface area (Å²) in [6.07, 6.45) is 3.71. The lowest BCUT2D eigenvalue weighted by atomic mass is 10.0. The van der Waals surface area contributed by atoms with Gasteiger partial charge >= 0.3 is 0 Å². The number of aryl methyl sites for hydroxylation is 1. The fourth-order valence-electron chi connectivity index (χ4n) is 15.9. The first-order valence-electron chi connectivity index (χ1n) is 43.8. The van der Waals surface area contributed by atoms with Gasteiger partial charge in [0, 0.05) is 84.6 Å². The van der Waals surface area contributed by atoms with E-state index in [0.29, 0.717) is 20.6 Å². The van der Waals surface area contributed by atoms with E-state index in [-0.39, 0.29) is 0 Å². The van der Waals surface area contributed by atoms with E-state index in [4.69, 9.17) is 40.6 Å². The molecule has 0 atom stereocenters. The van der Waals surface area contributed by atoms with Gasteiger partial charge in [0.2, 0.25) is 0 Å². The van der Waals surface area contributed by atoms with Crippen molar-refractivity contribution in [1.29, 1.82) is 5.26 Å². The van der Waals surface area contributed by atoms with Crippen molar-refractivity contribution in [3.05, 3.63) is 482 Å². The van der Waals surface area contributed by atoms with Gasteiger partial charge in [0.05, 0.1) is 73.8 Å². The third kappa shape index (κ3) is 23.1. The smallest absolute Gasteiger partial charge is 0.194 e. The molecule has 23 rings (SSSR count). The van der Waals surface area contributed by atoms with Gasteiger partial charge in [-0.2, -0.15) is 24.2 Å². The number of aromatic nitrogens is 9. The number of allylic oxidation sites excluding steroid dienone is 1. The van der Waals surface area contributed by atoms with E-state index in [0.717, 1.165) is 192 Å². The highest BCUT2D eigenvalue weighted by molar-refractivity contribution is 9.12. The highest BCUT2D eigenvalue weighted by Crippen LogP contribution is 2.45. The SMILES string of the molecule is Brc1c2ccccc2c(Br)c2ccccc12.Brc1ccc(-c2ccc(-c3ccc(Br)o3)c3nsnc23)o1.Brc1ccc(-n2nc(-c3ccccc3)c(Br)c2-c2ccccc2)cc1.Brc1ccc(Br)c2nc(-c3ccccc3)c(-c3ccccc3)nc12.Cc1c2ccccc2nc2c1c(-c1ccc(Br)cc1)nn2-c1ccc(Br)cc1.[C-]#[N+]/C(=C\c1ccc(Br)cc1)c1ccc(/C(C#N)=C/c2ccc(Br)cc2)cc1. The van der Waals surface area contributed by atoms with Gasteiger partial charge < -0.3 is 8.83 Å². The monoisotopic (exact) mass is 2630 g/mol. The Kier molecular flexibility index (Phi) is 32.9. The number of nitrogens with zero attached hydrogens (tertiary/aromatic N) is 11. The standard InChI is InChI=1S/C24H14Br2N2.C23H15Br2N3.C21H14Br2N2.C20H12Br2N2.C14H6Br2N2O2S.C14H8Br2/c1-28-24(15-18-4-12-23(26)13-5-18)20-8-6-19(7-9-20)21(16-27)14-17-2-10-22(25)11-3-17;1-14-19-4-2-3-5-20(19)26-23-21(14)22(15-6-8-16(24)9-7-15)27-28(23)18-12-10-17(25)11-13-18;22-17-11-13-18(14-12-17)25-21(16-9-5-2-6-10-16)19(23)20(24-25)15-7-3-1-4-8-15;21-15-11-12-16(22)20-19(15)23-17(13-7-3-1-4-8-13)18(24-20)14-9-5-2-6-10-14;15-11-5-3-9(19-11)7-1-2-8(10-4-6-12(16)20-10)14-13(7)17-21-18-14;15-13-9-5-1-2-6-10(9)14(16)12-8-4-3-7-11(12)13/h2-15H;2-13H,1H3;1-14H;1-12H;1-6H;1-8H/b21-14+,24-15-;;;;;. The molecule has 0 aliphatic rings. The molecule has 690 valence electrons. The largest absolute Gasteiger partial charge is 0.449 e. The van der Waals surface area contributed by atoms with Gasteiger partial charge in [-0.15, -0.1) is 0 Å². The summed E-state index contributed by atoms with van der Waals surface area (Å²) in [6, 6.07) is 131. The number of hydrogen-bond acceptors (Lipinski definition) is 11. The lowest BCUT2D eigenvalue weighted by Crippen LogP contribution is -1.99. The second-order valence-corrected chi connectivity index (χ2v) is 42.5. The molecule has 7 heterocycles. The maximum absolute atomic E-state index is 9.55. The molecule has 7 aromatic heterocycles. The normalized spacial score (nSPS) is 11.2. The number of furan rings is 2. The van der Waals surface area contributed by atoms with Crippen molar-refractivity contribution in [3.63, 3.8) is 0 Å². The number of fused-ring (bicyclic) bond motifs is 6. The number of halogens is 12. The van der Waals surface area contributed by atoms with E-state index >= 15 is 0 Å². The number of nitriles is 1. The molecular formula is C116H69Br12N11O2S. The minimum absolute atomic E-state index is 0.560. The van der Waals surface area contributed by atoms with Crippen molar-refractivity contribution < 1.29 is 8.83 Å². The van der Waals surface area contributed by atoms with Crippen molar-refractivity contribution in [2.24, 2.45) is 0 Å². The van der Waals surface area contributed by atoms with Gasteiger partial charge in [-0.05, 0) is 319 Å². The molecule has 0 bridgehead atoms. The lowest BCUT2D eigenvalue weighted by molar-refractivity contribution is 0.555. The van der Waals surface area contributed by atoms with Gasteiger partial charge in [0.1, 0.15) is 45.0 Å². The first-order chi connectivity index (χ1) is 69.2. The molecule has 0 N–H and O–H groups in total. The topological polar surface area (TPSA) is 155 Å². The van der Waals surface area contributed by atoms with Crippen LogP contribution in [0, 0.1) is 24.8 Å². The number of pyridine rings is 1. The molecule has 0 saturated heterocycles. The minimum atomic E-state index is 0.560. The van der Waals surface area contributed by atoms with Crippen LogP contribution in [0.3, 0.4) is 0 Å². The summed E-state index contributed by atoms with van der Waals surface area (Å²) in [6.45, 7) is 9.66. The Morgan fingerprint density at radius 2 is 0.718 bits per heavy atom. The maximum Gasteiger partial charge on any atom is 0.194 e. The number of para-hydroxylation sites is 1. The first-order valence-corrected chi connectivity index (χ1v) is 54.0. The quantitative estimate of drug-likeness (QED) is 0.0471. The third-order valence-corrected chi connectivity index (χ3v) is 30.5. The Balaban J connectivity index is 0.000000113. The van der Waals surface area contributed by atoms with Crippen molar-refractivity contribution >= 4 is 292 Å². The van der Waals surface area contributed by atoms with Crippen LogP contribution in [-0.2, 0) is 0 Å². The van der Waals surface area contributed by atoms with Crippen LogP contribution in [0.2, 0.25) is 0 Å². The van der Waals surface area contributed by atoms with E-state index < -0.39 is 0 Å². The zero-order valence-corrected chi connectivity index (χ0v) is 94.1. The van der Waals surface area contributed by atoms with Crippen molar-refractivity contribution in [2.75, 3.05) is 0 Å². The average Bonchev–Trinajstić information content (AvgIpc) is 1.57. The Morgan fingerprint density at radius 3 is 1.15 bits per heavy atom. The van der Waals surface area contributed by atoms with E-state index in [1.807, 2.05) is 270 Å². The van der Waals surface area contributed by atoms with Crippen molar-refractivity contribution in [3.8, 4) is 96.4 Å². The Labute approximate surface area is 923 Å². The fraction of sp³-hybridized carbons (Fsp3) is 0.00862. The van der Waals surface area contributed by atoms with Crippen molar-refractivity contribution in [1.82, 2.24) is 43.3 Å². The molecule has 0 saturated carbocycles. The molecule has 142 heavy (non-hydrogen) atoms. The molecule has 0 radical (unpaired) electrons. The van der Waals surface area contributed by atoms with E-state index in [2.05, 4.69) is 357 Å². The molecular weight excluding hydrogens is 2570 g/mol. The van der Waals surface area contributed by atoms with Crippen LogP contribution in [0.4, 0.5) is 0 Å². The molecule has 0 unspecified atom stereocenters. The Morgan fingerprint density at radius 1 is 0.345 bits per heavy atom. The predicted molar refractivity (Wildman–Crippen MR) is 625 cm³/mol.